The Labute approximate surface area is 109 Å². The van der Waals surface area contributed by atoms with Gasteiger partial charge in [0.15, 0.2) is 0 Å². The van der Waals surface area contributed by atoms with Crippen LogP contribution in [0.3, 0.4) is 0 Å². The fraction of sp³-hybridized carbons (Fsp3) is 0.273. The van der Waals surface area contributed by atoms with Crippen molar-refractivity contribution in [2.24, 2.45) is 0 Å². The summed E-state index contributed by atoms with van der Waals surface area (Å²) >= 11 is 0. The molecule has 0 N–H and O–H groups in total. The zero-order valence-corrected chi connectivity index (χ0v) is 9.79. The summed E-state index contributed by atoms with van der Waals surface area (Å²) in [5, 5.41) is 8.80. The number of methoxy groups -OCH3 is 1. The maximum atomic E-state index is 12.7. The van der Waals surface area contributed by atoms with Crippen molar-refractivity contribution in [2.75, 3.05) is 7.11 Å². The molecule has 1 aromatic rings. The summed E-state index contributed by atoms with van der Waals surface area (Å²) < 4.78 is 70.5. The van der Waals surface area contributed by atoms with E-state index in [4.69, 9.17) is 5.26 Å². The average molecular weight is 295 g/mol. The molecule has 0 aliphatic heterocycles. The van der Waals surface area contributed by atoms with Crippen LogP contribution in [0.2, 0.25) is 0 Å². The molecule has 4 nitrogen and oxygen atoms in total. The van der Waals surface area contributed by atoms with Crippen LogP contribution in [0.25, 0.3) is 0 Å². The number of benzene rings is 1. The van der Waals surface area contributed by atoms with Crippen LogP contribution in [-0.2, 0) is 10.9 Å². The maximum absolute atomic E-state index is 12.7. The monoisotopic (exact) mass is 295 g/mol. The molecule has 0 unspecified atom stereocenters. The van der Waals surface area contributed by atoms with Crippen LogP contribution in [-0.4, -0.2) is 19.7 Å². The molecule has 0 spiro atoms. The number of alkyl halides is 5. The molecule has 0 aliphatic rings. The van der Waals surface area contributed by atoms with Crippen LogP contribution in [0.5, 0.6) is 5.75 Å². The highest BCUT2D eigenvalue weighted by atomic mass is 19.4. The molecule has 0 bridgehead atoms. The van der Waals surface area contributed by atoms with Gasteiger partial charge in [0, 0.05) is 0 Å². The van der Waals surface area contributed by atoms with Gasteiger partial charge in [0.1, 0.15) is 17.4 Å². The molecular formula is C11H6F5NO3. The molecule has 1 rings (SSSR count). The topological polar surface area (TPSA) is 59.3 Å². The molecule has 1 aromatic carbocycles. The summed E-state index contributed by atoms with van der Waals surface area (Å²) in [5.41, 5.74) is -3.60. The van der Waals surface area contributed by atoms with E-state index in [9.17, 15) is 26.7 Å². The lowest BCUT2D eigenvalue weighted by atomic mass is 10.00. The zero-order valence-electron chi connectivity index (χ0n) is 9.79. The highest BCUT2D eigenvalue weighted by Crippen LogP contribution is 2.37. The number of carbonyl (C=O) groups is 1. The molecule has 0 saturated heterocycles. The van der Waals surface area contributed by atoms with Gasteiger partial charge in [-0.1, -0.05) is 0 Å². The quantitative estimate of drug-likeness (QED) is 0.635. The van der Waals surface area contributed by atoms with Crippen LogP contribution in [0.1, 0.15) is 21.5 Å². The lowest BCUT2D eigenvalue weighted by Gasteiger charge is -2.15. The van der Waals surface area contributed by atoms with E-state index in [0.717, 1.165) is 7.11 Å². The number of hydrogen-bond acceptors (Lipinski definition) is 4. The summed E-state index contributed by atoms with van der Waals surface area (Å²) in [4.78, 5) is 11.4. The van der Waals surface area contributed by atoms with E-state index in [2.05, 4.69) is 9.47 Å². The number of carbonyl (C=O) groups excluding carboxylic acids is 1. The van der Waals surface area contributed by atoms with Crippen molar-refractivity contribution >= 4 is 5.97 Å². The molecule has 0 aliphatic carbocycles. The fourth-order valence-corrected chi connectivity index (χ4v) is 1.44. The molecular weight excluding hydrogens is 289 g/mol. The second-order valence-electron chi connectivity index (χ2n) is 3.34. The van der Waals surface area contributed by atoms with Gasteiger partial charge < -0.3 is 9.47 Å². The fourth-order valence-electron chi connectivity index (χ4n) is 1.44. The number of esters is 1. The van der Waals surface area contributed by atoms with Gasteiger partial charge in [-0.05, 0) is 12.1 Å². The maximum Gasteiger partial charge on any atom is 0.417 e. The molecule has 0 amide bonds. The van der Waals surface area contributed by atoms with E-state index in [-0.39, 0.29) is 0 Å². The van der Waals surface area contributed by atoms with E-state index in [0.29, 0.717) is 12.1 Å². The van der Waals surface area contributed by atoms with Gasteiger partial charge in [0.25, 0.3) is 0 Å². The normalized spacial score (nSPS) is 11.1. The molecule has 0 radical (unpaired) electrons. The standard InChI is InChI=1S/C11H6F5NO3/c1-19-9(18)8-5(4-17)7(20-10(12)13)3-2-6(8)11(14,15)16/h2-3,10H,1H3. The van der Waals surface area contributed by atoms with Crippen molar-refractivity contribution in [1.82, 2.24) is 0 Å². The van der Waals surface area contributed by atoms with Crippen LogP contribution in [0.15, 0.2) is 12.1 Å². The Hall–Kier alpha value is -2.37. The van der Waals surface area contributed by atoms with Gasteiger partial charge in [-0.15, -0.1) is 0 Å². The van der Waals surface area contributed by atoms with Gasteiger partial charge in [-0.2, -0.15) is 27.2 Å². The molecule has 0 saturated carbocycles. The first-order chi connectivity index (χ1) is 9.22. The highest BCUT2D eigenvalue weighted by molar-refractivity contribution is 5.95. The Morgan fingerprint density at radius 3 is 2.35 bits per heavy atom. The first-order valence-corrected chi connectivity index (χ1v) is 4.89. The minimum Gasteiger partial charge on any atom is -0.465 e. The summed E-state index contributed by atoms with van der Waals surface area (Å²) in [7, 11) is 0.796. The van der Waals surface area contributed by atoms with Gasteiger partial charge in [0.2, 0.25) is 0 Å². The van der Waals surface area contributed by atoms with Crippen LogP contribution in [0.4, 0.5) is 22.0 Å². The van der Waals surface area contributed by atoms with Crippen molar-refractivity contribution in [3.63, 3.8) is 0 Å². The SMILES string of the molecule is COC(=O)c1c(C(F)(F)F)ccc(OC(F)F)c1C#N. The highest BCUT2D eigenvalue weighted by Gasteiger charge is 2.38. The van der Waals surface area contributed by atoms with Gasteiger partial charge in [0.05, 0.1) is 18.2 Å². The summed E-state index contributed by atoms with van der Waals surface area (Å²) in [5.74, 6) is -2.32. The number of nitrogens with zero attached hydrogens (tertiary/aromatic N) is 1. The van der Waals surface area contributed by atoms with E-state index >= 15 is 0 Å². The van der Waals surface area contributed by atoms with Crippen molar-refractivity contribution in [1.29, 1.82) is 5.26 Å². The molecule has 0 aromatic heterocycles. The molecule has 0 heterocycles. The Balaban J connectivity index is 3.61. The number of rotatable bonds is 3. The average Bonchev–Trinajstić information content (AvgIpc) is 2.35. The zero-order chi connectivity index (χ0) is 15.5. The van der Waals surface area contributed by atoms with E-state index < -0.39 is 41.2 Å². The second kappa shape index (κ2) is 5.73. The lowest BCUT2D eigenvalue weighted by Crippen LogP contribution is -2.17. The Morgan fingerprint density at radius 1 is 1.35 bits per heavy atom. The Morgan fingerprint density at radius 2 is 1.95 bits per heavy atom. The van der Waals surface area contributed by atoms with E-state index in [1.54, 1.807) is 0 Å². The third kappa shape index (κ3) is 3.14. The van der Waals surface area contributed by atoms with E-state index in [1.165, 1.54) is 6.07 Å². The predicted molar refractivity (Wildman–Crippen MR) is 54.1 cm³/mol. The van der Waals surface area contributed by atoms with Crippen molar-refractivity contribution in [3.8, 4) is 11.8 Å². The molecule has 108 valence electrons. The first kappa shape index (κ1) is 15.7. The van der Waals surface area contributed by atoms with Crippen molar-refractivity contribution in [3.05, 3.63) is 28.8 Å². The van der Waals surface area contributed by atoms with Crippen molar-refractivity contribution < 1.29 is 36.2 Å². The second-order valence-corrected chi connectivity index (χ2v) is 3.34. The van der Waals surface area contributed by atoms with Crippen LogP contribution >= 0.6 is 0 Å². The van der Waals surface area contributed by atoms with Crippen molar-refractivity contribution in [2.45, 2.75) is 12.8 Å². The van der Waals surface area contributed by atoms with Gasteiger partial charge >= 0.3 is 18.8 Å². The summed E-state index contributed by atoms with van der Waals surface area (Å²) in [6, 6.07) is 2.15. The molecule has 0 fully saturated rings. The minimum absolute atomic E-state index is 0.366. The largest absolute Gasteiger partial charge is 0.465 e. The van der Waals surface area contributed by atoms with E-state index in [1.807, 2.05) is 0 Å². The summed E-state index contributed by atoms with van der Waals surface area (Å²) in [6.45, 7) is -3.36. The number of ether oxygens (including phenoxy) is 2. The first-order valence-electron chi connectivity index (χ1n) is 4.89. The molecule has 0 atom stereocenters. The minimum atomic E-state index is -4.96. The molecule has 20 heavy (non-hydrogen) atoms. The third-order valence-corrected chi connectivity index (χ3v) is 2.19. The smallest absolute Gasteiger partial charge is 0.417 e. The third-order valence-electron chi connectivity index (χ3n) is 2.19. The molecule has 9 heteroatoms. The number of halogens is 5. The number of nitriles is 1. The Kier molecular flexibility index (Phi) is 4.49. The lowest BCUT2D eigenvalue weighted by molar-refractivity contribution is -0.138. The van der Waals surface area contributed by atoms with Crippen LogP contribution < -0.4 is 4.74 Å². The Bertz CT molecular complexity index is 562. The van der Waals surface area contributed by atoms with Gasteiger partial charge in [-0.3, -0.25) is 0 Å². The predicted octanol–water partition coefficient (Wildman–Crippen LogP) is 2.97. The summed E-state index contributed by atoms with van der Waals surface area (Å²) in [6.07, 6.45) is -4.96. The number of hydrogen-bond donors (Lipinski definition) is 0. The van der Waals surface area contributed by atoms with Gasteiger partial charge in [-0.25, -0.2) is 4.79 Å². The van der Waals surface area contributed by atoms with Crippen LogP contribution in [0, 0.1) is 11.3 Å².